The summed E-state index contributed by atoms with van der Waals surface area (Å²) in [7, 11) is 3.45. The Hall–Kier alpha value is -3.81. The lowest BCUT2D eigenvalue weighted by Crippen LogP contribution is -2.53. The van der Waals surface area contributed by atoms with E-state index in [2.05, 4.69) is 15.6 Å². The molecule has 1 heterocycles. The Morgan fingerprint density at radius 3 is 2.52 bits per heavy atom. The predicted octanol–water partition coefficient (Wildman–Crippen LogP) is 3.32. The Labute approximate surface area is 181 Å². The Kier molecular flexibility index (Phi) is 6.59. The van der Waals surface area contributed by atoms with Crippen molar-refractivity contribution in [2.75, 3.05) is 30.9 Å². The van der Waals surface area contributed by atoms with Crippen molar-refractivity contribution in [2.24, 2.45) is 0 Å². The molecule has 0 unspecified atom stereocenters. The second-order valence-corrected chi connectivity index (χ2v) is 7.76. The van der Waals surface area contributed by atoms with Crippen LogP contribution in [0.25, 0.3) is 11.3 Å². The lowest BCUT2D eigenvalue weighted by molar-refractivity contribution is -0.137. The van der Waals surface area contributed by atoms with Crippen LogP contribution in [0.3, 0.4) is 0 Å². The highest BCUT2D eigenvalue weighted by Crippen LogP contribution is 2.32. The van der Waals surface area contributed by atoms with Crippen molar-refractivity contribution >= 4 is 23.2 Å². The van der Waals surface area contributed by atoms with E-state index in [0.29, 0.717) is 29.3 Å². The van der Waals surface area contributed by atoms with Crippen molar-refractivity contribution < 1.29 is 18.7 Å². The molecule has 0 saturated carbocycles. The summed E-state index contributed by atoms with van der Waals surface area (Å²) in [5, 5.41) is 5.40. The van der Waals surface area contributed by atoms with E-state index in [9.17, 15) is 9.59 Å². The summed E-state index contributed by atoms with van der Waals surface area (Å²) in [4.78, 5) is 30.9. The zero-order chi connectivity index (χ0) is 22.4. The number of benzene rings is 2. The number of para-hydroxylation sites is 1. The third-order valence-electron chi connectivity index (χ3n) is 4.64. The molecule has 2 N–H and O–H groups in total. The van der Waals surface area contributed by atoms with Gasteiger partial charge in [0, 0.05) is 31.0 Å². The van der Waals surface area contributed by atoms with Gasteiger partial charge in [0.15, 0.2) is 12.2 Å². The van der Waals surface area contributed by atoms with E-state index in [-0.39, 0.29) is 0 Å². The molecule has 31 heavy (non-hydrogen) atoms. The van der Waals surface area contributed by atoms with E-state index < -0.39 is 17.4 Å². The molecule has 0 saturated heterocycles. The van der Waals surface area contributed by atoms with Gasteiger partial charge < -0.3 is 24.7 Å². The molecule has 3 rings (SSSR count). The molecule has 2 amide bonds. The molecule has 0 fully saturated rings. The number of carbonyl (C=O) groups is 2. The minimum atomic E-state index is -0.759. The molecule has 8 heteroatoms. The summed E-state index contributed by atoms with van der Waals surface area (Å²) in [5.74, 6) is -0.453. The first-order valence-corrected chi connectivity index (χ1v) is 9.75. The summed E-state index contributed by atoms with van der Waals surface area (Å²) in [6.07, 6.45) is 2.89. The Morgan fingerprint density at radius 2 is 1.87 bits per heavy atom. The van der Waals surface area contributed by atoms with E-state index in [1.807, 2.05) is 56.1 Å². The number of hydrogen-bond acceptors (Lipinski definition) is 6. The highest BCUT2D eigenvalue weighted by Gasteiger charge is 2.26. The highest BCUT2D eigenvalue weighted by molar-refractivity contribution is 6.39. The van der Waals surface area contributed by atoms with Crippen LogP contribution in [0.4, 0.5) is 11.4 Å². The number of anilines is 2. The van der Waals surface area contributed by atoms with Crippen LogP contribution in [-0.2, 0) is 9.59 Å². The number of rotatable bonds is 7. The molecule has 0 aliphatic rings. The van der Waals surface area contributed by atoms with E-state index in [0.717, 1.165) is 5.69 Å². The minimum absolute atomic E-state index is 0.430. The molecule has 0 aliphatic carbocycles. The maximum absolute atomic E-state index is 12.5. The first-order chi connectivity index (χ1) is 14.8. The van der Waals surface area contributed by atoms with Gasteiger partial charge in [0.25, 0.3) is 0 Å². The standard InChI is InChI=1S/C23H26N4O4/c1-23(2,14-27(3)17-8-6-5-7-9-17)26-22(29)21(28)25-16-10-11-18(19(12-16)30-4)20-13-24-15-31-20/h5-13,15H,14H2,1-4H3,(H,25,28)(H,26,29). The molecule has 0 spiro atoms. The maximum atomic E-state index is 12.5. The quantitative estimate of drug-likeness (QED) is 0.567. The van der Waals surface area contributed by atoms with Crippen molar-refractivity contribution in [2.45, 2.75) is 19.4 Å². The molecule has 2 aromatic carbocycles. The maximum Gasteiger partial charge on any atom is 0.313 e. The van der Waals surface area contributed by atoms with Crippen molar-refractivity contribution in [3.8, 4) is 17.1 Å². The molecule has 8 nitrogen and oxygen atoms in total. The molecular formula is C23H26N4O4. The third-order valence-corrected chi connectivity index (χ3v) is 4.64. The Balaban J connectivity index is 1.63. The number of aromatic nitrogens is 1. The summed E-state index contributed by atoms with van der Waals surface area (Å²) in [5.41, 5.74) is 1.51. The fraction of sp³-hybridized carbons (Fsp3) is 0.261. The van der Waals surface area contributed by atoms with Crippen molar-refractivity contribution in [3.05, 3.63) is 61.1 Å². The topological polar surface area (TPSA) is 96.7 Å². The fourth-order valence-corrected chi connectivity index (χ4v) is 3.28. The molecule has 1 aromatic heterocycles. The number of nitrogens with one attached hydrogen (secondary N) is 2. The summed E-state index contributed by atoms with van der Waals surface area (Å²) >= 11 is 0. The zero-order valence-corrected chi connectivity index (χ0v) is 18.0. The van der Waals surface area contributed by atoms with E-state index in [1.165, 1.54) is 13.5 Å². The first kappa shape index (κ1) is 21.9. The van der Waals surface area contributed by atoms with Gasteiger partial charge in [-0.2, -0.15) is 0 Å². The van der Waals surface area contributed by atoms with Crippen LogP contribution < -0.4 is 20.3 Å². The normalized spacial score (nSPS) is 11.0. The Morgan fingerprint density at radius 1 is 1.13 bits per heavy atom. The highest BCUT2D eigenvalue weighted by atomic mass is 16.5. The molecule has 3 aromatic rings. The number of nitrogens with zero attached hydrogens (tertiary/aromatic N) is 2. The molecule has 0 aliphatic heterocycles. The SMILES string of the molecule is COc1cc(NC(=O)C(=O)NC(C)(C)CN(C)c2ccccc2)ccc1-c1cnco1. The van der Waals surface area contributed by atoms with Crippen molar-refractivity contribution in [3.63, 3.8) is 0 Å². The molecule has 0 radical (unpaired) electrons. The van der Waals surface area contributed by atoms with Gasteiger partial charge in [0.1, 0.15) is 5.75 Å². The average molecular weight is 422 g/mol. The molecular weight excluding hydrogens is 396 g/mol. The smallest absolute Gasteiger partial charge is 0.313 e. The van der Waals surface area contributed by atoms with Gasteiger partial charge in [0.2, 0.25) is 0 Å². The van der Waals surface area contributed by atoms with Gasteiger partial charge in [-0.3, -0.25) is 9.59 Å². The van der Waals surface area contributed by atoms with E-state index >= 15 is 0 Å². The van der Waals surface area contributed by atoms with Crippen LogP contribution in [0.15, 0.2) is 65.5 Å². The monoisotopic (exact) mass is 422 g/mol. The second-order valence-electron chi connectivity index (χ2n) is 7.76. The number of oxazole rings is 1. The van der Waals surface area contributed by atoms with Crippen LogP contribution in [-0.4, -0.2) is 43.0 Å². The van der Waals surface area contributed by atoms with Crippen molar-refractivity contribution in [1.82, 2.24) is 10.3 Å². The van der Waals surface area contributed by atoms with Gasteiger partial charge in [-0.25, -0.2) is 4.98 Å². The van der Waals surface area contributed by atoms with Gasteiger partial charge in [0.05, 0.1) is 24.4 Å². The van der Waals surface area contributed by atoms with Gasteiger partial charge in [-0.15, -0.1) is 0 Å². The second kappa shape index (κ2) is 9.34. The van der Waals surface area contributed by atoms with Gasteiger partial charge in [-0.05, 0) is 38.1 Å². The van der Waals surface area contributed by atoms with Gasteiger partial charge in [-0.1, -0.05) is 18.2 Å². The van der Waals surface area contributed by atoms with Gasteiger partial charge >= 0.3 is 11.8 Å². The lowest BCUT2D eigenvalue weighted by Gasteiger charge is -2.32. The summed E-state index contributed by atoms with van der Waals surface area (Å²) in [6.45, 7) is 4.26. The van der Waals surface area contributed by atoms with E-state index in [1.54, 1.807) is 24.4 Å². The van der Waals surface area contributed by atoms with Crippen LogP contribution in [0, 0.1) is 0 Å². The zero-order valence-electron chi connectivity index (χ0n) is 18.0. The van der Waals surface area contributed by atoms with Crippen LogP contribution in [0.2, 0.25) is 0 Å². The summed E-state index contributed by atoms with van der Waals surface area (Å²) in [6, 6.07) is 14.8. The number of ether oxygens (including phenoxy) is 1. The number of methoxy groups -OCH3 is 1. The number of carbonyl (C=O) groups excluding carboxylic acids is 2. The minimum Gasteiger partial charge on any atom is -0.496 e. The van der Waals surface area contributed by atoms with Crippen LogP contribution >= 0.6 is 0 Å². The summed E-state index contributed by atoms with van der Waals surface area (Å²) < 4.78 is 10.7. The van der Waals surface area contributed by atoms with E-state index in [4.69, 9.17) is 9.15 Å². The average Bonchev–Trinajstić information content (AvgIpc) is 3.28. The van der Waals surface area contributed by atoms with Crippen LogP contribution in [0.5, 0.6) is 5.75 Å². The lowest BCUT2D eigenvalue weighted by atomic mass is 10.0. The fourth-order valence-electron chi connectivity index (χ4n) is 3.28. The number of hydrogen-bond donors (Lipinski definition) is 2. The Bertz CT molecular complexity index is 1030. The molecule has 162 valence electrons. The van der Waals surface area contributed by atoms with Crippen molar-refractivity contribution in [1.29, 1.82) is 0 Å². The molecule has 0 atom stereocenters. The van der Waals surface area contributed by atoms with Crippen LogP contribution in [0.1, 0.15) is 13.8 Å². The predicted molar refractivity (Wildman–Crippen MR) is 119 cm³/mol. The number of likely N-dealkylation sites (N-methyl/N-ethyl adjacent to an activating group) is 1. The molecule has 0 bridgehead atoms. The largest absolute Gasteiger partial charge is 0.496 e. The third kappa shape index (κ3) is 5.63. The first-order valence-electron chi connectivity index (χ1n) is 9.75. The number of amides is 2.